The second-order valence-electron chi connectivity index (χ2n) is 4.20. The summed E-state index contributed by atoms with van der Waals surface area (Å²) in [5, 5.41) is 6.76. The van der Waals surface area contributed by atoms with Gasteiger partial charge in [-0.2, -0.15) is 5.10 Å². The Hall–Kier alpha value is -2.40. The van der Waals surface area contributed by atoms with Crippen molar-refractivity contribution in [1.82, 2.24) is 15.2 Å². The van der Waals surface area contributed by atoms with Crippen molar-refractivity contribution in [3.05, 3.63) is 53.6 Å². The maximum absolute atomic E-state index is 14.2. The number of benzene rings is 1. The molecular weight excluding hydrogens is 279 g/mol. The van der Waals surface area contributed by atoms with Crippen LogP contribution in [0.5, 0.6) is 0 Å². The first kappa shape index (κ1) is 12.6. The molecule has 0 radical (unpaired) electrons. The lowest BCUT2D eigenvalue weighted by Gasteiger charge is -2.06. The second-order valence-corrected chi connectivity index (χ2v) is 4.61. The minimum Gasteiger partial charge on any atom is -0.382 e. The van der Waals surface area contributed by atoms with Crippen LogP contribution in [0.1, 0.15) is 0 Å². The van der Waals surface area contributed by atoms with Crippen molar-refractivity contribution in [2.24, 2.45) is 0 Å². The molecule has 6 heteroatoms. The zero-order valence-corrected chi connectivity index (χ0v) is 11.0. The number of H-pyrrole nitrogens is 1. The molecule has 2 aromatic heterocycles. The Morgan fingerprint density at radius 1 is 1.20 bits per heavy atom. The summed E-state index contributed by atoms with van der Waals surface area (Å²) in [4.78, 5) is 4.04. The molecule has 20 heavy (non-hydrogen) atoms. The first-order valence-electron chi connectivity index (χ1n) is 5.87. The molecule has 0 saturated heterocycles. The van der Waals surface area contributed by atoms with Crippen molar-refractivity contribution in [2.45, 2.75) is 0 Å². The maximum Gasteiger partial charge on any atom is 0.153 e. The van der Waals surface area contributed by atoms with E-state index in [0.29, 0.717) is 16.8 Å². The maximum atomic E-state index is 14.2. The molecule has 0 unspecified atom stereocenters. The molecule has 0 aliphatic rings. The summed E-state index contributed by atoms with van der Waals surface area (Å²) < 4.78 is 14.2. The van der Waals surface area contributed by atoms with Crippen molar-refractivity contribution in [1.29, 1.82) is 0 Å². The van der Waals surface area contributed by atoms with E-state index in [0.717, 1.165) is 5.56 Å². The number of pyridine rings is 1. The molecule has 3 rings (SSSR count). The van der Waals surface area contributed by atoms with Crippen LogP contribution in [0.4, 0.5) is 10.2 Å². The van der Waals surface area contributed by atoms with E-state index in [1.54, 1.807) is 30.6 Å². The van der Waals surface area contributed by atoms with Crippen molar-refractivity contribution in [3.8, 4) is 22.4 Å². The van der Waals surface area contributed by atoms with Crippen LogP contribution in [0.3, 0.4) is 0 Å². The largest absolute Gasteiger partial charge is 0.382 e. The summed E-state index contributed by atoms with van der Waals surface area (Å²) in [6, 6.07) is 8.39. The fraction of sp³-hybridized carbons (Fsp3) is 0. The van der Waals surface area contributed by atoms with Gasteiger partial charge in [0.1, 0.15) is 0 Å². The van der Waals surface area contributed by atoms with Crippen molar-refractivity contribution in [2.75, 3.05) is 5.73 Å². The van der Waals surface area contributed by atoms with Crippen LogP contribution in [-0.2, 0) is 0 Å². The summed E-state index contributed by atoms with van der Waals surface area (Å²) in [6.07, 6.45) is 3.30. The SMILES string of the molecule is Nc1n[nH]c(-c2cccc(Cl)c2F)c1-c1cccnc1. The van der Waals surface area contributed by atoms with E-state index in [4.69, 9.17) is 17.3 Å². The van der Waals surface area contributed by atoms with Crippen LogP contribution >= 0.6 is 11.6 Å². The number of aromatic amines is 1. The zero-order chi connectivity index (χ0) is 14.1. The third-order valence-corrected chi connectivity index (χ3v) is 3.26. The van der Waals surface area contributed by atoms with Gasteiger partial charge in [0.2, 0.25) is 0 Å². The molecule has 0 fully saturated rings. The number of anilines is 1. The van der Waals surface area contributed by atoms with Gasteiger partial charge in [-0.1, -0.05) is 23.7 Å². The number of aromatic nitrogens is 3. The molecule has 2 heterocycles. The molecular formula is C14H10ClFN4. The van der Waals surface area contributed by atoms with Gasteiger partial charge in [0.25, 0.3) is 0 Å². The fourth-order valence-electron chi connectivity index (χ4n) is 2.05. The molecule has 0 spiro atoms. The number of nitrogens with two attached hydrogens (primary N) is 1. The monoisotopic (exact) mass is 288 g/mol. The summed E-state index contributed by atoms with van der Waals surface area (Å²) in [5.41, 5.74) is 8.04. The molecule has 0 saturated carbocycles. The Balaban J connectivity index is 2.24. The van der Waals surface area contributed by atoms with Gasteiger partial charge in [-0.05, 0) is 18.2 Å². The van der Waals surface area contributed by atoms with Crippen LogP contribution in [0.2, 0.25) is 5.02 Å². The van der Waals surface area contributed by atoms with Crippen LogP contribution in [-0.4, -0.2) is 15.2 Å². The van der Waals surface area contributed by atoms with Gasteiger partial charge < -0.3 is 5.73 Å². The number of nitrogens with zero attached hydrogens (tertiary/aromatic N) is 2. The van der Waals surface area contributed by atoms with E-state index < -0.39 is 5.82 Å². The number of nitrogen functional groups attached to an aromatic ring is 1. The zero-order valence-electron chi connectivity index (χ0n) is 10.3. The van der Waals surface area contributed by atoms with Gasteiger partial charge in [0.15, 0.2) is 11.6 Å². The van der Waals surface area contributed by atoms with E-state index in [1.807, 2.05) is 6.07 Å². The summed E-state index contributed by atoms with van der Waals surface area (Å²) in [5.74, 6) is -0.227. The highest BCUT2D eigenvalue weighted by Gasteiger charge is 2.18. The lowest BCUT2D eigenvalue weighted by Crippen LogP contribution is -1.91. The smallest absolute Gasteiger partial charge is 0.153 e. The van der Waals surface area contributed by atoms with E-state index in [9.17, 15) is 4.39 Å². The minimum atomic E-state index is -0.511. The van der Waals surface area contributed by atoms with Crippen molar-refractivity contribution >= 4 is 17.4 Å². The second kappa shape index (κ2) is 4.94. The third kappa shape index (κ3) is 2.02. The summed E-state index contributed by atoms with van der Waals surface area (Å²) in [7, 11) is 0. The van der Waals surface area contributed by atoms with E-state index in [1.165, 1.54) is 6.07 Å². The minimum absolute atomic E-state index is 0.0489. The number of halogens is 2. The molecule has 0 bridgehead atoms. The Bertz CT molecular complexity index is 755. The normalized spacial score (nSPS) is 10.7. The molecule has 0 aliphatic heterocycles. The van der Waals surface area contributed by atoms with E-state index in [-0.39, 0.29) is 10.8 Å². The molecule has 100 valence electrons. The van der Waals surface area contributed by atoms with Crippen molar-refractivity contribution in [3.63, 3.8) is 0 Å². The average Bonchev–Trinajstić information content (AvgIpc) is 2.84. The number of rotatable bonds is 2. The lowest BCUT2D eigenvalue weighted by molar-refractivity contribution is 0.631. The highest BCUT2D eigenvalue weighted by atomic mass is 35.5. The fourth-order valence-corrected chi connectivity index (χ4v) is 2.23. The Labute approximate surface area is 119 Å². The molecule has 1 aromatic carbocycles. The Kier molecular flexibility index (Phi) is 3.12. The lowest BCUT2D eigenvalue weighted by atomic mass is 10.0. The predicted molar refractivity (Wildman–Crippen MR) is 76.6 cm³/mol. The van der Waals surface area contributed by atoms with Gasteiger partial charge in [-0.3, -0.25) is 10.1 Å². The molecule has 0 aliphatic carbocycles. The van der Waals surface area contributed by atoms with Gasteiger partial charge in [0.05, 0.1) is 16.3 Å². The van der Waals surface area contributed by atoms with Crippen LogP contribution in [0, 0.1) is 5.82 Å². The summed E-state index contributed by atoms with van der Waals surface area (Å²) in [6.45, 7) is 0. The highest BCUT2D eigenvalue weighted by molar-refractivity contribution is 6.31. The molecule has 3 N–H and O–H groups in total. The Morgan fingerprint density at radius 3 is 2.80 bits per heavy atom. The van der Waals surface area contributed by atoms with Crippen LogP contribution < -0.4 is 5.73 Å². The molecule has 3 aromatic rings. The van der Waals surface area contributed by atoms with Gasteiger partial charge in [-0.15, -0.1) is 0 Å². The molecule has 0 atom stereocenters. The van der Waals surface area contributed by atoms with Gasteiger partial charge in [-0.25, -0.2) is 4.39 Å². The average molecular weight is 289 g/mol. The molecule has 4 nitrogen and oxygen atoms in total. The van der Waals surface area contributed by atoms with E-state index >= 15 is 0 Å². The van der Waals surface area contributed by atoms with Crippen molar-refractivity contribution < 1.29 is 4.39 Å². The van der Waals surface area contributed by atoms with Crippen LogP contribution in [0.25, 0.3) is 22.4 Å². The number of hydrogen-bond donors (Lipinski definition) is 2. The Morgan fingerprint density at radius 2 is 2.05 bits per heavy atom. The first-order valence-corrected chi connectivity index (χ1v) is 6.25. The number of nitrogens with one attached hydrogen (secondary N) is 1. The van der Waals surface area contributed by atoms with E-state index in [2.05, 4.69) is 15.2 Å². The van der Waals surface area contributed by atoms with Gasteiger partial charge >= 0.3 is 0 Å². The van der Waals surface area contributed by atoms with Crippen LogP contribution in [0.15, 0.2) is 42.7 Å². The molecule has 0 amide bonds. The summed E-state index contributed by atoms with van der Waals surface area (Å²) >= 11 is 5.82. The highest BCUT2D eigenvalue weighted by Crippen LogP contribution is 2.36. The first-order chi connectivity index (χ1) is 9.68. The standard InChI is InChI=1S/C14H10ClFN4/c15-10-5-1-4-9(12(10)16)13-11(14(17)20-19-13)8-3-2-6-18-7-8/h1-7H,(H3,17,19,20). The van der Waals surface area contributed by atoms with Gasteiger partial charge in [0, 0.05) is 23.5 Å². The predicted octanol–water partition coefficient (Wildman–Crippen LogP) is 3.51. The third-order valence-electron chi connectivity index (χ3n) is 2.97. The number of hydrogen-bond acceptors (Lipinski definition) is 3. The topological polar surface area (TPSA) is 67.6 Å². The quantitative estimate of drug-likeness (QED) is 0.758.